The van der Waals surface area contributed by atoms with Gasteiger partial charge in [-0.25, -0.2) is 9.78 Å². The second-order valence-corrected chi connectivity index (χ2v) is 4.61. The van der Waals surface area contributed by atoms with Gasteiger partial charge in [-0.3, -0.25) is 0 Å². The van der Waals surface area contributed by atoms with E-state index in [0.717, 1.165) is 13.0 Å². The van der Waals surface area contributed by atoms with E-state index in [1.165, 1.54) is 0 Å². The first kappa shape index (κ1) is 15.7. The number of hydrogen-bond acceptors (Lipinski definition) is 4. The SMILES string of the molecule is CCCNc1nc(NCCNC(N)=O)c(Cl)cc1Cl. The zero-order chi connectivity index (χ0) is 14.3. The number of nitrogens with zero attached hydrogens (tertiary/aromatic N) is 1. The fraction of sp³-hybridized carbons (Fsp3) is 0.455. The van der Waals surface area contributed by atoms with E-state index in [1.807, 2.05) is 6.92 Å². The van der Waals surface area contributed by atoms with E-state index in [2.05, 4.69) is 20.9 Å². The summed E-state index contributed by atoms with van der Waals surface area (Å²) in [6, 6.07) is 1.06. The van der Waals surface area contributed by atoms with Crippen molar-refractivity contribution in [3.8, 4) is 0 Å². The lowest BCUT2D eigenvalue weighted by molar-refractivity contribution is 0.249. The van der Waals surface area contributed by atoms with Crippen LogP contribution in [0, 0.1) is 0 Å². The summed E-state index contributed by atoms with van der Waals surface area (Å²) in [6.07, 6.45) is 0.964. The van der Waals surface area contributed by atoms with Crippen LogP contribution in [0.3, 0.4) is 0 Å². The number of nitrogens with two attached hydrogens (primary N) is 1. The first-order valence-corrected chi connectivity index (χ1v) is 6.67. The second kappa shape index (κ2) is 7.91. The molecule has 0 atom stereocenters. The average Bonchev–Trinajstić information content (AvgIpc) is 2.35. The quantitative estimate of drug-likeness (QED) is 0.582. The normalized spacial score (nSPS) is 10.1. The van der Waals surface area contributed by atoms with Gasteiger partial charge in [0.25, 0.3) is 0 Å². The zero-order valence-electron chi connectivity index (χ0n) is 10.6. The third-order valence-electron chi connectivity index (χ3n) is 2.19. The van der Waals surface area contributed by atoms with Crippen LogP contribution >= 0.6 is 23.2 Å². The molecule has 0 aliphatic heterocycles. The molecule has 0 aliphatic carbocycles. The number of rotatable bonds is 7. The van der Waals surface area contributed by atoms with Crippen LogP contribution in [-0.2, 0) is 0 Å². The van der Waals surface area contributed by atoms with Crippen molar-refractivity contribution in [3.63, 3.8) is 0 Å². The molecule has 0 aromatic carbocycles. The van der Waals surface area contributed by atoms with Crippen molar-refractivity contribution in [1.29, 1.82) is 0 Å². The fourth-order valence-corrected chi connectivity index (χ4v) is 1.82. The maximum atomic E-state index is 10.5. The molecule has 106 valence electrons. The Morgan fingerprint density at radius 1 is 1.21 bits per heavy atom. The molecule has 0 spiro atoms. The van der Waals surface area contributed by atoms with Crippen molar-refractivity contribution in [2.24, 2.45) is 5.73 Å². The molecule has 1 rings (SSSR count). The van der Waals surface area contributed by atoms with E-state index in [9.17, 15) is 4.79 Å². The van der Waals surface area contributed by atoms with Crippen molar-refractivity contribution >= 4 is 40.9 Å². The monoisotopic (exact) mass is 305 g/mol. The van der Waals surface area contributed by atoms with Gasteiger partial charge in [0.2, 0.25) is 0 Å². The maximum absolute atomic E-state index is 10.5. The molecule has 0 fully saturated rings. The first-order chi connectivity index (χ1) is 9.04. The molecule has 1 aromatic rings. The van der Waals surface area contributed by atoms with Crippen molar-refractivity contribution in [2.75, 3.05) is 30.3 Å². The molecular weight excluding hydrogens is 289 g/mol. The summed E-state index contributed by atoms with van der Waals surface area (Å²) in [7, 11) is 0. The highest BCUT2D eigenvalue weighted by molar-refractivity contribution is 6.37. The Labute approximate surface area is 122 Å². The van der Waals surface area contributed by atoms with Gasteiger partial charge in [-0.05, 0) is 12.5 Å². The average molecular weight is 306 g/mol. The highest BCUT2D eigenvalue weighted by atomic mass is 35.5. The summed E-state index contributed by atoms with van der Waals surface area (Å²) >= 11 is 12.1. The third kappa shape index (κ3) is 5.40. The number of carbonyl (C=O) groups is 1. The van der Waals surface area contributed by atoms with Gasteiger partial charge in [-0.1, -0.05) is 30.1 Å². The van der Waals surface area contributed by atoms with Crippen molar-refractivity contribution in [1.82, 2.24) is 10.3 Å². The van der Waals surface area contributed by atoms with E-state index >= 15 is 0 Å². The van der Waals surface area contributed by atoms with E-state index < -0.39 is 6.03 Å². The van der Waals surface area contributed by atoms with Gasteiger partial charge in [-0.2, -0.15) is 0 Å². The van der Waals surface area contributed by atoms with Gasteiger partial charge in [0, 0.05) is 19.6 Å². The molecule has 5 N–H and O–H groups in total. The van der Waals surface area contributed by atoms with E-state index in [4.69, 9.17) is 28.9 Å². The van der Waals surface area contributed by atoms with Crippen LogP contribution < -0.4 is 21.7 Å². The minimum atomic E-state index is -0.567. The summed E-state index contributed by atoms with van der Waals surface area (Å²) in [5.74, 6) is 1.09. The Morgan fingerprint density at radius 2 is 1.79 bits per heavy atom. The number of hydrogen-bond donors (Lipinski definition) is 4. The molecule has 0 radical (unpaired) electrons. The number of carbonyl (C=O) groups excluding carboxylic acids is 1. The Hall–Kier alpha value is -1.40. The summed E-state index contributed by atoms with van der Waals surface area (Å²) < 4.78 is 0. The predicted molar refractivity (Wildman–Crippen MR) is 79.1 cm³/mol. The number of urea groups is 1. The second-order valence-electron chi connectivity index (χ2n) is 3.79. The van der Waals surface area contributed by atoms with Crippen LogP contribution in [0.25, 0.3) is 0 Å². The standard InChI is InChI=1S/C11H17Cl2N5O/c1-2-3-15-9-7(12)6-8(13)10(18-9)16-4-5-17-11(14)19/h6H,2-5H2,1H3,(H3,14,17,19)(H2,15,16,18). The van der Waals surface area contributed by atoms with Crippen LogP contribution in [0.1, 0.15) is 13.3 Å². The molecular formula is C11H17Cl2N5O. The topological polar surface area (TPSA) is 92.1 Å². The summed E-state index contributed by atoms with van der Waals surface area (Å²) in [6.45, 7) is 3.67. The molecule has 0 bridgehead atoms. The van der Waals surface area contributed by atoms with Gasteiger partial charge in [0.15, 0.2) is 0 Å². The van der Waals surface area contributed by atoms with Gasteiger partial charge in [0.05, 0.1) is 10.0 Å². The highest BCUT2D eigenvalue weighted by Crippen LogP contribution is 2.28. The van der Waals surface area contributed by atoms with E-state index in [0.29, 0.717) is 34.8 Å². The smallest absolute Gasteiger partial charge is 0.312 e. The van der Waals surface area contributed by atoms with Crippen LogP contribution in [0.2, 0.25) is 10.0 Å². The fourth-order valence-electron chi connectivity index (χ4n) is 1.32. The molecule has 6 nitrogen and oxygen atoms in total. The largest absolute Gasteiger partial charge is 0.369 e. The molecule has 19 heavy (non-hydrogen) atoms. The molecule has 1 aromatic heterocycles. The minimum absolute atomic E-state index is 0.383. The minimum Gasteiger partial charge on any atom is -0.369 e. The number of anilines is 2. The summed E-state index contributed by atoms with van der Waals surface area (Å²) in [5.41, 5.74) is 4.95. The number of aromatic nitrogens is 1. The van der Waals surface area contributed by atoms with Gasteiger partial charge in [-0.15, -0.1) is 0 Å². The predicted octanol–water partition coefficient (Wildman–Crippen LogP) is 2.29. The van der Waals surface area contributed by atoms with E-state index in [-0.39, 0.29) is 0 Å². The lowest BCUT2D eigenvalue weighted by Crippen LogP contribution is -2.33. The molecule has 2 amide bonds. The van der Waals surface area contributed by atoms with Gasteiger partial charge < -0.3 is 21.7 Å². The third-order valence-corrected chi connectivity index (χ3v) is 2.76. The number of pyridine rings is 1. The molecule has 1 heterocycles. The van der Waals surface area contributed by atoms with Crippen molar-refractivity contribution in [2.45, 2.75) is 13.3 Å². The van der Waals surface area contributed by atoms with Crippen LogP contribution in [0.15, 0.2) is 6.07 Å². The van der Waals surface area contributed by atoms with Crippen LogP contribution in [0.5, 0.6) is 0 Å². The molecule has 0 unspecified atom stereocenters. The Balaban J connectivity index is 2.63. The zero-order valence-corrected chi connectivity index (χ0v) is 12.1. The first-order valence-electron chi connectivity index (χ1n) is 5.91. The Morgan fingerprint density at radius 3 is 2.32 bits per heavy atom. The lowest BCUT2D eigenvalue weighted by atomic mass is 10.4. The Kier molecular flexibility index (Phi) is 6.52. The van der Waals surface area contributed by atoms with Crippen LogP contribution in [-0.4, -0.2) is 30.6 Å². The molecule has 8 heteroatoms. The van der Waals surface area contributed by atoms with Crippen molar-refractivity contribution < 1.29 is 4.79 Å². The number of nitrogens with one attached hydrogen (secondary N) is 3. The molecule has 0 saturated carbocycles. The maximum Gasteiger partial charge on any atom is 0.312 e. The summed E-state index contributed by atoms with van der Waals surface area (Å²) in [5, 5.41) is 9.46. The number of primary amides is 1. The molecule has 0 saturated heterocycles. The number of amides is 2. The van der Waals surface area contributed by atoms with Crippen LogP contribution in [0.4, 0.5) is 16.4 Å². The highest BCUT2D eigenvalue weighted by Gasteiger charge is 2.08. The number of halogens is 2. The van der Waals surface area contributed by atoms with Gasteiger partial charge in [0.1, 0.15) is 11.6 Å². The Bertz CT molecular complexity index is 441. The van der Waals surface area contributed by atoms with Gasteiger partial charge >= 0.3 is 6.03 Å². The lowest BCUT2D eigenvalue weighted by Gasteiger charge is -2.12. The summed E-state index contributed by atoms with van der Waals surface area (Å²) in [4.78, 5) is 14.8. The molecule has 0 aliphatic rings. The van der Waals surface area contributed by atoms with E-state index in [1.54, 1.807) is 6.07 Å². The van der Waals surface area contributed by atoms with Crippen molar-refractivity contribution in [3.05, 3.63) is 16.1 Å².